The van der Waals surface area contributed by atoms with E-state index in [2.05, 4.69) is 16.4 Å². The second kappa shape index (κ2) is 7.50. The number of imidazole rings is 1. The molecule has 0 unspecified atom stereocenters. The fourth-order valence-corrected chi connectivity index (χ4v) is 3.97. The lowest BCUT2D eigenvalue weighted by Crippen LogP contribution is -2.38. The van der Waals surface area contributed by atoms with E-state index in [1.54, 1.807) is 6.33 Å². The second-order valence-corrected chi connectivity index (χ2v) is 7.37. The van der Waals surface area contributed by atoms with Crippen LogP contribution in [0, 0.1) is 0 Å². The lowest BCUT2D eigenvalue weighted by atomic mass is 9.95. The van der Waals surface area contributed by atoms with Gasteiger partial charge in [-0.25, -0.2) is 4.98 Å². The zero-order valence-electron chi connectivity index (χ0n) is 14.6. The molecule has 1 aromatic heterocycles. The number of aromatic nitrogens is 2. The third kappa shape index (κ3) is 3.61. The highest BCUT2D eigenvalue weighted by Gasteiger charge is 2.16. The lowest BCUT2D eigenvalue weighted by Gasteiger charge is -2.22. The highest BCUT2D eigenvalue weighted by atomic mass is 35.5. The number of halogens is 1. The molecule has 0 atom stereocenters. The minimum atomic E-state index is 0.0550. The number of carbonyl (C=O) groups is 1. The van der Waals surface area contributed by atoms with Gasteiger partial charge in [0.2, 0.25) is 5.91 Å². The minimum Gasteiger partial charge on any atom is -0.352 e. The zero-order chi connectivity index (χ0) is 17.9. The fourth-order valence-electron chi connectivity index (χ4n) is 3.72. The highest BCUT2D eigenvalue weighted by molar-refractivity contribution is 6.33. The van der Waals surface area contributed by atoms with Crippen molar-refractivity contribution in [1.29, 1.82) is 0 Å². The number of rotatable bonds is 4. The Balaban J connectivity index is 1.56. The summed E-state index contributed by atoms with van der Waals surface area (Å²) in [6, 6.07) is 14.1. The molecule has 1 heterocycles. The van der Waals surface area contributed by atoms with Gasteiger partial charge in [0.05, 0.1) is 17.4 Å². The highest BCUT2D eigenvalue weighted by Crippen LogP contribution is 2.29. The topological polar surface area (TPSA) is 46.9 Å². The smallest absolute Gasteiger partial charge is 0.240 e. The number of hydrogen-bond acceptors (Lipinski definition) is 2. The van der Waals surface area contributed by atoms with E-state index in [0.717, 1.165) is 35.0 Å². The Labute approximate surface area is 158 Å². The quantitative estimate of drug-likeness (QED) is 0.719. The van der Waals surface area contributed by atoms with Gasteiger partial charge in [0.25, 0.3) is 0 Å². The standard InChI is InChI=1S/C21H22ClN3O/c22-18-9-5-4-8-17(18)15-10-11-19-20(12-15)25(14-23-19)13-21(26)24-16-6-2-1-3-7-16/h4-5,8-12,14,16H,1-3,6-7,13H2,(H,24,26). The molecule has 1 aliphatic rings. The van der Waals surface area contributed by atoms with Crippen molar-refractivity contribution in [1.82, 2.24) is 14.9 Å². The van der Waals surface area contributed by atoms with Gasteiger partial charge in [-0.1, -0.05) is 55.1 Å². The zero-order valence-corrected chi connectivity index (χ0v) is 15.4. The summed E-state index contributed by atoms with van der Waals surface area (Å²) in [6.45, 7) is 0.291. The van der Waals surface area contributed by atoms with Crippen molar-refractivity contribution in [2.24, 2.45) is 0 Å². The third-order valence-electron chi connectivity index (χ3n) is 5.09. The Kier molecular flexibility index (Phi) is 4.93. The molecule has 1 saturated carbocycles. The number of fused-ring (bicyclic) bond motifs is 1. The largest absolute Gasteiger partial charge is 0.352 e. The van der Waals surface area contributed by atoms with Crippen LogP contribution >= 0.6 is 11.6 Å². The molecule has 2 aromatic carbocycles. The van der Waals surface area contributed by atoms with Crippen LogP contribution < -0.4 is 5.32 Å². The maximum absolute atomic E-state index is 12.5. The summed E-state index contributed by atoms with van der Waals surface area (Å²) in [7, 11) is 0. The molecule has 0 spiro atoms. The number of amides is 1. The molecule has 1 N–H and O–H groups in total. The van der Waals surface area contributed by atoms with Crippen LogP contribution in [0.2, 0.25) is 5.02 Å². The average Bonchev–Trinajstić information content (AvgIpc) is 3.05. The average molecular weight is 368 g/mol. The molecule has 3 aromatic rings. The van der Waals surface area contributed by atoms with Crippen LogP contribution in [0.15, 0.2) is 48.8 Å². The summed E-state index contributed by atoms with van der Waals surface area (Å²) < 4.78 is 1.91. The van der Waals surface area contributed by atoms with Gasteiger partial charge >= 0.3 is 0 Å². The normalized spacial score (nSPS) is 15.3. The monoisotopic (exact) mass is 367 g/mol. The van der Waals surface area contributed by atoms with Gasteiger partial charge in [-0.05, 0) is 36.6 Å². The molecule has 1 aliphatic carbocycles. The van der Waals surface area contributed by atoms with Gasteiger partial charge in [-0.3, -0.25) is 4.79 Å². The predicted molar refractivity (Wildman–Crippen MR) is 105 cm³/mol. The minimum absolute atomic E-state index is 0.0550. The van der Waals surface area contributed by atoms with E-state index in [4.69, 9.17) is 11.6 Å². The van der Waals surface area contributed by atoms with E-state index in [1.165, 1.54) is 19.3 Å². The number of hydrogen-bond donors (Lipinski definition) is 1. The van der Waals surface area contributed by atoms with E-state index >= 15 is 0 Å². The number of nitrogens with one attached hydrogen (secondary N) is 1. The van der Waals surface area contributed by atoms with E-state index in [9.17, 15) is 4.79 Å². The molecule has 0 saturated heterocycles. The summed E-state index contributed by atoms with van der Waals surface area (Å²) >= 11 is 6.33. The maximum atomic E-state index is 12.5. The van der Waals surface area contributed by atoms with Crippen molar-refractivity contribution in [2.75, 3.05) is 0 Å². The van der Waals surface area contributed by atoms with Gasteiger partial charge in [0.15, 0.2) is 0 Å². The predicted octanol–water partition coefficient (Wildman–Crippen LogP) is 4.81. The number of benzene rings is 2. The van der Waals surface area contributed by atoms with Crippen LogP contribution in [0.4, 0.5) is 0 Å². The summed E-state index contributed by atoms with van der Waals surface area (Å²) in [5.74, 6) is 0.0550. The van der Waals surface area contributed by atoms with Crippen LogP contribution in [-0.2, 0) is 11.3 Å². The second-order valence-electron chi connectivity index (χ2n) is 6.96. The molecule has 4 nitrogen and oxygen atoms in total. The molecule has 26 heavy (non-hydrogen) atoms. The van der Waals surface area contributed by atoms with E-state index in [1.807, 2.05) is 41.0 Å². The van der Waals surface area contributed by atoms with Crippen molar-refractivity contribution in [3.05, 3.63) is 53.8 Å². The molecular weight excluding hydrogens is 346 g/mol. The van der Waals surface area contributed by atoms with Crippen LogP contribution in [0.5, 0.6) is 0 Å². The molecular formula is C21H22ClN3O. The summed E-state index contributed by atoms with van der Waals surface area (Å²) in [5.41, 5.74) is 3.83. The first-order valence-electron chi connectivity index (χ1n) is 9.20. The van der Waals surface area contributed by atoms with Crippen LogP contribution in [0.3, 0.4) is 0 Å². The lowest BCUT2D eigenvalue weighted by molar-refractivity contribution is -0.122. The van der Waals surface area contributed by atoms with Gasteiger partial charge < -0.3 is 9.88 Å². The first-order chi connectivity index (χ1) is 12.7. The van der Waals surface area contributed by atoms with Crippen molar-refractivity contribution >= 4 is 28.5 Å². The summed E-state index contributed by atoms with van der Waals surface area (Å²) in [4.78, 5) is 16.9. The first kappa shape index (κ1) is 17.1. The Morgan fingerprint density at radius 1 is 1.15 bits per heavy atom. The maximum Gasteiger partial charge on any atom is 0.240 e. The molecule has 1 amide bonds. The molecule has 0 aliphatic heterocycles. The van der Waals surface area contributed by atoms with Crippen molar-refractivity contribution in [3.8, 4) is 11.1 Å². The number of nitrogens with zero attached hydrogens (tertiary/aromatic N) is 2. The Morgan fingerprint density at radius 2 is 1.96 bits per heavy atom. The SMILES string of the molecule is O=C(Cn1cnc2ccc(-c3ccccc3Cl)cc21)NC1CCCCC1. The van der Waals surface area contributed by atoms with Gasteiger partial charge in [0, 0.05) is 16.6 Å². The number of carbonyl (C=O) groups excluding carboxylic acids is 1. The molecule has 0 radical (unpaired) electrons. The van der Waals surface area contributed by atoms with E-state index < -0.39 is 0 Å². The Hall–Kier alpha value is -2.33. The molecule has 4 rings (SSSR count). The van der Waals surface area contributed by atoms with Crippen LogP contribution in [0.25, 0.3) is 22.2 Å². The fraction of sp³-hybridized carbons (Fsp3) is 0.333. The molecule has 0 bridgehead atoms. The van der Waals surface area contributed by atoms with Crippen molar-refractivity contribution in [3.63, 3.8) is 0 Å². The summed E-state index contributed by atoms with van der Waals surface area (Å²) in [6.07, 6.45) is 7.62. The van der Waals surface area contributed by atoms with E-state index in [-0.39, 0.29) is 5.91 Å². The third-order valence-corrected chi connectivity index (χ3v) is 5.42. The van der Waals surface area contributed by atoms with E-state index in [0.29, 0.717) is 17.6 Å². The molecule has 1 fully saturated rings. The van der Waals surface area contributed by atoms with Gasteiger partial charge in [0.1, 0.15) is 6.54 Å². The van der Waals surface area contributed by atoms with Gasteiger partial charge in [-0.2, -0.15) is 0 Å². The Morgan fingerprint density at radius 3 is 2.77 bits per heavy atom. The van der Waals surface area contributed by atoms with Gasteiger partial charge in [-0.15, -0.1) is 0 Å². The Bertz CT molecular complexity index is 928. The molecule has 5 heteroatoms. The first-order valence-corrected chi connectivity index (χ1v) is 9.58. The molecule has 134 valence electrons. The van der Waals surface area contributed by atoms with Crippen molar-refractivity contribution in [2.45, 2.75) is 44.7 Å². The summed E-state index contributed by atoms with van der Waals surface area (Å²) in [5, 5.41) is 3.88. The van der Waals surface area contributed by atoms with Crippen LogP contribution in [-0.4, -0.2) is 21.5 Å². The van der Waals surface area contributed by atoms with Crippen LogP contribution in [0.1, 0.15) is 32.1 Å². The van der Waals surface area contributed by atoms with Crippen molar-refractivity contribution < 1.29 is 4.79 Å².